The van der Waals surface area contributed by atoms with E-state index >= 15 is 0 Å². The Morgan fingerprint density at radius 2 is 2.22 bits per heavy atom. The van der Waals surface area contributed by atoms with Crippen LogP contribution in [0, 0.1) is 0 Å². The highest BCUT2D eigenvalue weighted by Crippen LogP contribution is 2.11. The lowest BCUT2D eigenvalue weighted by Gasteiger charge is -2.21. The number of hydrogen-bond donors (Lipinski definition) is 2. The highest BCUT2D eigenvalue weighted by Gasteiger charge is 2.16. The Hall–Kier alpha value is -0.420. The first-order valence-electron chi connectivity index (χ1n) is 6.90. The quantitative estimate of drug-likeness (QED) is 0.790. The van der Waals surface area contributed by atoms with Gasteiger partial charge in [-0.1, -0.05) is 6.07 Å². The van der Waals surface area contributed by atoms with E-state index < -0.39 is 0 Å². The van der Waals surface area contributed by atoms with Gasteiger partial charge in [0.2, 0.25) is 0 Å². The number of aliphatic hydroxyl groups excluding tert-OH is 1. The Labute approximate surface area is 114 Å². The minimum atomic E-state index is -0.242. The zero-order chi connectivity index (χ0) is 12.8. The van der Waals surface area contributed by atoms with Crippen molar-refractivity contribution in [1.82, 2.24) is 10.2 Å². The third-order valence-corrected chi connectivity index (χ3v) is 4.36. The van der Waals surface area contributed by atoms with Crippen molar-refractivity contribution in [3.05, 3.63) is 22.4 Å². The molecule has 2 heterocycles. The van der Waals surface area contributed by atoms with Gasteiger partial charge in [-0.3, -0.25) is 0 Å². The lowest BCUT2D eigenvalue weighted by atomic mass is 10.2. The molecular formula is C14H24N2OS. The van der Waals surface area contributed by atoms with Crippen molar-refractivity contribution in [3.8, 4) is 0 Å². The molecule has 0 radical (unpaired) electrons. The van der Waals surface area contributed by atoms with Crippen LogP contribution in [0.15, 0.2) is 17.5 Å². The summed E-state index contributed by atoms with van der Waals surface area (Å²) >= 11 is 1.80. The number of nitrogens with zero attached hydrogens (tertiary/aromatic N) is 1. The Bertz CT molecular complexity index is 323. The van der Waals surface area contributed by atoms with Crippen molar-refractivity contribution in [1.29, 1.82) is 0 Å². The molecule has 1 aromatic rings. The highest BCUT2D eigenvalue weighted by atomic mass is 32.1. The predicted molar refractivity (Wildman–Crippen MR) is 77.2 cm³/mol. The van der Waals surface area contributed by atoms with Crippen LogP contribution in [0.2, 0.25) is 0 Å². The first kappa shape index (κ1) is 14.0. The maximum atomic E-state index is 9.98. The Morgan fingerprint density at radius 1 is 1.44 bits per heavy atom. The van der Waals surface area contributed by atoms with E-state index in [1.807, 2.05) is 0 Å². The van der Waals surface area contributed by atoms with Crippen molar-refractivity contribution in [2.45, 2.75) is 38.3 Å². The van der Waals surface area contributed by atoms with Crippen LogP contribution in [-0.4, -0.2) is 48.3 Å². The fraction of sp³-hybridized carbons (Fsp3) is 0.714. The summed E-state index contributed by atoms with van der Waals surface area (Å²) in [6.45, 7) is 6.01. The molecule has 2 unspecified atom stereocenters. The first-order chi connectivity index (χ1) is 8.74. The van der Waals surface area contributed by atoms with E-state index in [0.29, 0.717) is 12.6 Å². The van der Waals surface area contributed by atoms with E-state index in [-0.39, 0.29) is 6.10 Å². The van der Waals surface area contributed by atoms with Crippen molar-refractivity contribution in [3.63, 3.8) is 0 Å². The number of thiophene rings is 1. The zero-order valence-corrected chi connectivity index (χ0v) is 12.0. The minimum absolute atomic E-state index is 0.242. The second-order valence-corrected chi connectivity index (χ2v) is 6.29. The van der Waals surface area contributed by atoms with Crippen LogP contribution in [0.3, 0.4) is 0 Å². The molecule has 1 saturated heterocycles. The average molecular weight is 268 g/mol. The van der Waals surface area contributed by atoms with Gasteiger partial charge in [0.25, 0.3) is 0 Å². The minimum Gasteiger partial charge on any atom is -0.390 e. The second-order valence-electron chi connectivity index (χ2n) is 5.25. The third-order valence-electron chi connectivity index (χ3n) is 3.46. The number of rotatable bonds is 7. The molecule has 3 nitrogen and oxygen atoms in total. The molecule has 0 bridgehead atoms. The molecule has 0 aliphatic carbocycles. The van der Waals surface area contributed by atoms with Crippen LogP contribution < -0.4 is 5.32 Å². The topological polar surface area (TPSA) is 35.5 Å². The molecule has 0 spiro atoms. The van der Waals surface area contributed by atoms with Crippen LogP contribution in [0.25, 0.3) is 0 Å². The zero-order valence-electron chi connectivity index (χ0n) is 11.1. The highest BCUT2D eigenvalue weighted by molar-refractivity contribution is 7.09. The molecule has 0 amide bonds. The molecule has 1 aromatic heterocycles. The summed E-state index contributed by atoms with van der Waals surface area (Å²) in [6.07, 6.45) is 3.38. The van der Waals surface area contributed by atoms with Crippen LogP contribution in [0.1, 0.15) is 24.6 Å². The number of β-amino-alcohol motifs (C(OH)–C–C–N with tert-alkyl or cyclic N) is 1. The summed E-state index contributed by atoms with van der Waals surface area (Å²) < 4.78 is 0. The molecule has 0 aromatic carbocycles. The van der Waals surface area contributed by atoms with Gasteiger partial charge in [-0.15, -0.1) is 11.3 Å². The standard InChI is InChI=1S/C14H24N2OS/c1-12(9-14-5-4-8-18-14)15-10-13(17)11-16-6-2-3-7-16/h4-5,8,12-13,15,17H,2-3,6-7,9-11H2,1H3. The summed E-state index contributed by atoms with van der Waals surface area (Å²) in [6, 6.07) is 4.69. The predicted octanol–water partition coefficient (Wildman–Crippen LogP) is 1.73. The first-order valence-corrected chi connectivity index (χ1v) is 7.78. The van der Waals surface area contributed by atoms with E-state index in [2.05, 4.69) is 34.7 Å². The Kier molecular flexibility index (Phi) is 5.63. The Balaban J connectivity index is 1.61. The monoisotopic (exact) mass is 268 g/mol. The number of likely N-dealkylation sites (tertiary alicyclic amines) is 1. The average Bonchev–Trinajstić information content (AvgIpc) is 2.99. The van der Waals surface area contributed by atoms with Gasteiger partial charge >= 0.3 is 0 Å². The molecule has 2 N–H and O–H groups in total. The second kappa shape index (κ2) is 7.24. The summed E-state index contributed by atoms with van der Waals surface area (Å²) in [5, 5.41) is 15.5. The molecule has 2 atom stereocenters. The smallest absolute Gasteiger partial charge is 0.0791 e. The maximum Gasteiger partial charge on any atom is 0.0791 e. The van der Waals surface area contributed by atoms with Gasteiger partial charge < -0.3 is 15.3 Å². The van der Waals surface area contributed by atoms with Gasteiger partial charge in [-0.2, -0.15) is 0 Å². The summed E-state index contributed by atoms with van der Waals surface area (Å²) in [7, 11) is 0. The number of hydrogen-bond acceptors (Lipinski definition) is 4. The fourth-order valence-electron chi connectivity index (χ4n) is 2.47. The number of aliphatic hydroxyl groups is 1. The van der Waals surface area contributed by atoms with Crippen LogP contribution in [-0.2, 0) is 6.42 Å². The van der Waals surface area contributed by atoms with E-state index in [1.165, 1.54) is 17.7 Å². The van der Waals surface area contributed by atoms with E-state index in [1.54, 1.807) is 11.3 Å². The van der Waals surface area contributed by atoms with E-state index in [4.69, 9.17) is 0 Å². The van der Waals surface area contributed by atoms with E-state index in [0.717, 1.165) is 26.1 Å². The van der Waals surface area contributed by atoms with Crippen LogP contribution in [0.5, 0.6) is 0 Å². The fourth-order valence-corrected chi connectivity index (χ4v) is 3.30. The molecular weight excluding hydrogens is 244 g/mol. The molecule has 1 aliphatic heterocycles. The molecule has 1 fully saturated rings. The van der Waals surface area contributed by atoms with Crippen LogP contribution in [0.4, 0.5) is 0 Å². The van der Waals surface area contributed by atoms with Crippen molar-refractivity contribution >= 4 is 11.3 Å². The maximum absolute atomic E-state index is 9.98. The SMILES string of the molecule is CC(Cc1cccs1)NCC(O)CN1CCCC1. The molecule has 1 aliphatic rings. The van der Waals surface area contributed by atoms with Gasteiger partial charge in [-0.05, 0) is 50.7 Å². The molecule has 4 heteroatoms. The van der Waals surface area contributed by atoms with Gasteiger partial charge in [0, 0.05) is 24.0 Å². The largest absolute Gasteiger partial charge is 0.390 e. The van der Waals surface area contributed by atoms with Gasteiger partial charge in [0.15, 0.2) is 0 Å². The van der Waals surface area contributed by atoms with Crippen LogP contribution >= 0.6 is 11.3 Å². The normalized spacial score (nSPS) is 20.1. The van der Waals surface area contributed by atoms with Crippen molar-refractivity contribution < 1.29 is 5.11 Å². The van der Waals surface area contributed by atoms with Gasteiger partial charge in [0.1, 0.15) is 0 Å². The summed E-state index contributed by atoms with van der Waals surface area (Å²) in [5.74, 6) is 0. The molecule has 0 saturated carbocycles. The summed E-state index contributed by atoms with van der Waals surface area (Å²) in [4.78, 5) is 3.76. The summed E-state index contributed by atoms with van der Waals surface area (Å²) in [5.41, 5.74) is 0. The number of nitrogens with one attached hydrogen (secondary N) is 1. The Morgan fingerprint density at radius 3 is 2.89 bits per heavy atom. The van der Waals surface area contributed by atoms with Crippen molar-refractivity contribution in [2.75, 3.05) is 26.2 Å². The lowest BCUT2D eigenvalue weighted by molar-refractivity contribution is 0.121. The molecule has 18 heavy (non-hydrogen) atoms. The third kappa shape index (κ3) is 4.69. The van der Waals surface area contributed by atoms with Gasteiger partial charge in [0.05, 0.1) is 6.10 Å². The molecule has 102 valence electrons. The van der Waals surface area contributed by atoms with Crippen molar-refractivity contribution in [2.24, 2.45) is 0 Å². The van der Waals surface area contributed by atoms with E-state index in [9.17, 15) is 5.11 Å². The molecule has 2 rings (SSSR count). The van der Waals surface area contributed by atoms with Gasteiger partial charge in [-0.25, -0.2) is 0 Å². The lowest BCUT2D eigenvalue weighted by Crippen LogP contribution is -2.40.